The van der Waals surface area contributed by atoms with Gasteiger partial charge in [0, 0.05) is 28.3 Å². The molecule has 0 amide bonds. The number of nitrogens with zero attached hydrogens (tertiary/aromatic N) is 1. The molecule has 1 heterocycles. The van der Waals surface area contributed by atoms with Crippen molar-refractivity contribution in [3.63, 3.8) is 0 Å². The normalized spacial score (nSPS) is 11.1. The van der Waals surface area contributed by atoms with Gasteiger partial charge >= 0.3 is 5.69 Å². The Hall–Kier alpha value is -3.44. The number of hydrogen-bond donors (Lipinski definition) is 1. The lowest BCUT2D eigenvalue weighted by molar-refractivity contribution is 0.0969. The molecule has 0 aliphatic carbocycles. The smallest absolute Gasteiger partial charge is 0.292 e. The molecule has 5 nitrogen and oxygen atoms in total. The molecule has 0 bridgehead atoms. The van der Waals surface area contributed by atoms with Gasteiger partial charge in [-0.2, -0.15) is 0 Å². The standard InChI is InChI=1S/C26H23ClN2O3/c1-2-6-22-23(15-19-9-5-8-17-7-3-4-10-21(17)19)29(26(32)28-25(22)31)16-24(30)18-11-13-20(27)14-12-18/h3-5,7-14H,2,6,15-16H2,1H3,(H,28,31,32). The molecule has 0 saturated heterocycles. The number of ketones is 1. The number of nitrogens with one attached hydrogen (secondary N) is 1. The van der Waals surface area contributed by atoms with Crippen LogP contribution in [0, 0.1) is 0 Å². The van der Waals surface area contributed by atoms with Gasteiger partial charge in [0.2, 0.25) is 0 Å². The maximum Gasteiger partial charge on any atom is 0.328 e. The molecule has 6 heteroatoms. The fraction of sp³-hybridized carbons (Fsp3) is 0.192. The molecule has 1 aromatic heterocycles. The van der Waals surface area contributed by atoms with Crippen molar-refractivity contribution < 1.29 is 4.79 Å². The van der Waals surface area contributed by atoms with Crippen molar-refractivity contribution in [2.24, 2.45) is 0 Å². The Labute approximate surface area is 190 Å². The molecule has 0 aliphatic heterocycles. The summed E-state index contributed by atoms with van der Waals surface area (Å²) in [6, 6.07) is 20.5. The highest BCUT2D eigenvalue weighted by Crippen LogP contribution is 2.22. The topological polar surface area (TPSA) is 71.9 Å². The third-order valence-corrected chi connectivity index (χ3v) is 5.87. The van der Waals surface area contributed by atoms with E-state index in [1.807, 2.05) is 49.4 Å². The van der Waals surface area contributed by atoms with Crippen molar-refractivity contribution >= 4 is 28.2 Å². The van der Waals surface area contributed by atoms with Crippen LogP contribution >= 0.6 is 11.6 Å². The van der Waals surface area contributed by atoms with E-state index in [1.54, 1.807) is 24.3 Å². The Kier molecular flexibility index (Phi) is 6.37. The average Bonchev–Trinajstić information content (AvgIpc) is 2.79. The quantitative estimate of drug-likeness (QED) is 0.415. The zero-order chi connectivity index (χ0) is 22.7. The van der Waals surface area contributed by atoms with Gasteiger partial charge in [0.1, 0.15) is 0 Å². The molecular formula is C26H23ClN2O3. The first kappa shape index (κ1) is 21.8. The zero-order valence-corrected chi connectivity index (χ0v) is 18.5. The van der Waals surface area contributed by atoms with Gasteiger partial charge in [0.25, 0.3) is 5.56 Å². The molecule has 0 radical (unpaired) electrons. The van der Waals surface area contributed by atoms with Gasteiger partial charge in [-0.15, -0.1) is 0 Å². The van der Waals surface area contributed by atoms with E-state index in [9.17, 15) is 14.4 Å². The lowest BCUT2D eigenvalue weighted by Gasteiger charge is -2.17. The van der Waals surface area contributed by atoms with E-state index in [0.29, 0.717) is 34.7 Å². The van der Waals surface area contributed by atoms with Crippen LogP contribution in [0.25, 0.3) is 10.8 Å². The minimum atomic E-state index is -0.576. The van der Waals surface area contributed by atoms with Gasteiger partial charge in [0.05, 0.1) is 6.54 Å². The molecule has 1 N–H and O–H groups in total. The fourth-order valence-corrected chi connectivity index (χ4v) is 4.16. The summed E-state index contributed by atoms with van der Waals surface area (Å²) in [7, 11) is 0. The average molecular weight is 447 g/mol. The summed E-state index contributed by atoms with van der Waals surface area (Å²) in [6.45, 7) is 1.82. The number of carbonyl (C=O) groups is 1. The van der Waals surface area contributed by atoms with Gasteiger partial charge in [0.15, 0.2) is 5.78 Å². The molecule has 0 saturated carbocycles. The van der Waals surface area contributed by atoms with E-state index in [4.69, 9.17) is 11.6 Å². The number of fused-ring (bicyclic) bond motifs is 1. The Balaban J connectivity index is 1.83. The van der Waals surface area contributed by atoms with Crippen LogP contribution in [0.3, 0.4) is 0 Å². The summed E-state index contributed by atoms with van der Waals surface area (Å²) in [6.07, 6.45) is 1.64. The minimum Gasteiger partial charge on any atom is -0.292 e. The molecule has 4 rings (SSSR count). The maximum absolute atomic E-state index is 13.0. The maximum atomic E-state index is 13.0. The zero-order valence-electron chi connectivity index (χ0n) is 17.7. The first-order valence-corrected chi connectivity index (χ1v) is 11.0. The number of aromatic nitrogens is 2. The molecule has 0 spiro atoms. The fourth-order valence-electron chi connectivity index (χ4n) is 4.03. The molecule has 0 unspecified atom stereocenters. The van der Waals surface area contributed by atoms with Gasteiger partial charge in [-0.05, 0) is 47.0 Å². The third-order valence-electron chi connectivity index (χ3n) is 5.62. The number of rotatable bonds is 7. The first-order valence-electron chi connectivity index (χ1n) is 10.6. The summed E-state index contributed by atoms with van der Waals surface area (Å²) < 4.78 is 1.41. The van der Waals surface area contributed by atoms with Gasteiger partial charge in [-0.3, -0.25) is 19.1 Å². The summed E-state index contributed by atoms with van der Waals surface area (Å²) >= 11 is 5.93. The van der Waals surface area contributed by atoms with E-state index < -0.39 is 5.69 Å². The van der Waals surface area contributed by atoms with Crippen LogP contribution in [0.5, 0.6) is 0 Å². The van der Waals surface area contributed by atoms with E-state index in [1.165, 1.54) is 4.57 Å². The number of carbonyl (C=O) groups excluding carboxylic acids is 1. The van der Waals surface area contributed by atoms with Crippen LogP contribution in [-0.2, 0) is 19.4 Å². The van der Waals surface area contributed by atoms with E-state index in [0.717, 1.165) is 22.8 Å². The Morgan fingerprint density at radius 1 is 0.969 bits per heavy atom. The van der Waals surface area contributed by atoms with Gasteiger partial charge in [-0.1, -0.05) is 67.4 Å². The van der Waals surface area contributed by atoms with Crippen LogP contribution in [0.4, 0.5) is 0 Å². The molecule has 3 aromatic carbocycles. The van der Waals surface area contributed by atoms with Gasteiger partial charge < -0.3 is 0 Å². The predicted molar refractivity (Wildman–Crippen MR) is 128 cm³/mol. The van der Waals surface area contributed by atoms with Crippen LogP contribution < -0.4 is 11.2 Å². The number of aromatic amines is 1. The van der Waals surface area contributed by atoms with Crippen LogP contribution in [-0.4, -0.2) is 15.3 Å². The number of benzene rings is 3. The predicted octanol–water partition coefficient (Wildman–Crippen LogP) is 4.77. The highest BCUT2D eigenvalue weighted by Gasteiger charge is 2.18. The van der Waals surface area contributed by atoms with E-state index in [2.05, 4.69) is 4.98 Å². The Morgan fingerprint density at radius 2 is 1.69 bits per heavy atom. The Bertz CT molecular complexity index is 1400. The summed E-state index contributed by atoms with van der Waals surface area (Å²) in [5.74, 6) is -0.225. The third kappa shape index (κ3) is 4.43. The van der Waals surface area contributed by atoms with Crippen molar-refractivity contribution in [2.45, 2.75) is 32.7 Å². The highest BCUT2D eigenvalue weighted by molar-refractivity contribution is 6.30. The number of halogens is 1. The Morgan fingerprint density at radius 3 is 2.44 bits per heavy atom. The van der Waals surface area contributed by atoms with Crippen LogP contribution in [0.15, 0.2) is 76.3 Å². The summed E-state index contributed by atoms with van der Waals surface area (Å²) in [4.78, 5) is 40.9. The monoisotopic (exact) mass is 446 g/mol. The number of H-pyrrole nitrogens is 1. The van der Waals surface area contributed by atoms with Crippen molar-refractivity contribution in [3.05, 3.63) is 115 Å². The SMILES string of the molecule is CCCc1c(Cc2cccc3ccccc23)n(CC(=O)c2ccc(Cl)cc2)c(=O)[nH]c1=O. The molecular weight excluding hydrogens is 424 g/mol. The molecule has 0 atom stereocenters. The van der Waals surface area contributed by atoms with E-state index in [-0.39, 0.29) is 17.9 Å². The molecule has 32 heavy (non-hydrogen) atoms. The van der Waals surface area contributed by atoms with Gasteiger partial charge in [-0.25, -0.2) is 4.79 Å². The van der Waals surface area contributed by atoms with Crippen molar-refractivity contribution in [2.75, 3.05) is 0 Å². The summed E-state index contributed by atoms with van der Waals surface area (Å²) in [5.41, 5.74) is 1.62. The number of Topliss-reactive ketones (excluding diaryl/α,β-unsaturated/α-hetero) is 1. The lowest BCUT2D eigenvalue weighted by atomic mass is 9.97. The molecule has 0 aliphatic rings. The largest absolute Gasteiger partial charge is 0.328 e. The number of hydrogen-bond acceptors (Lipinski definition) is 3. The van der Waals surface area contributed by atoms with Crippen molar-refractivity contribution in [1.29, 1.82) is 0 Å². The van der Waals surface area contributed by atoms with Crippen LogP contribution in [0.1, 0.15) is 40.5 Å². The van der Waals surface area contributed by atoms with E-state index >= 15 is 0 Å². The van der Waals surface area contributed by atoms with Crippen molar-refractivity contribution in [3.8, 4) is 0 Å². The second kappa shape index (κ2) is 9.37. The molecule has 4 aromatic rings. The lowest BCUT2D eigenvalue weighted by Crippen LogP contribution is -2.37. The minimum absolute atomic E-state index is 0.159. The first-order chi connectivity index (χ1) is 15.5. The second-order valence-corrected chi connectivity index (χ2v) is 8.20. The second-order valence-electron chi connectivity index (χ2n) is 7.77. The highest BCUT2D eigenvalue weighted by atomic mass is 35.5. The summed E-state index contributed by atoms with van der Waals surface area (Å²) in [5, 5.41) is 2.67. The van der Waals surface area contributed by atoms with Crippen molar-refractivity contribution in [1.82, 2.24) is 9.55 Å². The van der Waals surface area contributed by atoms with Crippen LogP contribution in [0.2, 0.25) is 5.02 Å². The molecule has 162 valence electrons. The molecule has 0 fully saturated rings.